The third-order valence-electron chi connectivity index (χ3n) is 5.38. The minimum atomic E-state index is -4.69. The van der Waals surface area contributed by atoms with Crippen LogP contribution >= 0.6 is 0 Å². The molecule has 4 rings (SSSR count). The van der Waals surface area contributed by atoms with Gasteiger partial charge in [-0.1, -0.05) is 12.1 Å². The predicted molar refractivity (Wildman–Crippen MR) is 92.5 cm³/mol. The first kappa shape index (κ1) is 18.0. The summed E-state index contributed by atoms with van der Waals surface area (Å²) in [6.07, 6.45) is -1.26. The van der Waals surface area contributed by atoms with Crippen LogP contribution in [0.25, 0.3) is 0 Å². The molecule has 1 N–H and O–H groups in total. The van der Waals surface area contributed by atoms with Crippen LogP contribution in [0.15, 0.2) is 29.1 Å². The lowest BCUT2D eigenvalue weighted by atomic mass is 9.98. The first-order valence-corrected chi connectivity index (χ1v) is 8.97. The topological polar surface area (TPSA) is 58.2 Å². The molecule has 8 heteroatoms. The Balaban J connectivity index is 1.52. The average Bonchev–Trinajstić information content (AvgIpc) is 2.84. The summed E-state index contributed by atoms with van der Waals surface area (Å²) in [5, 5.41) is 0. The van der Waals surface area contributed by atoms with Crippen LogP contribution in [0, 0.1) is 6.92 Å². The van der Waals surface area contributed by atoms with Gasteiger partial charge in [0, 0.05) is 30.6 Å². The molecule has 2 unspecified atom stereocenters. The van der Waals surface area contributed by atoms with Crippen LogP contribution < -0.4 is 10.3 Å². The fraction of sp³-hybridized carbons (Fsp3) is 0.474. The molecule has 0 aliphatic carbocycles. The number of aryl methyl sites for hydroxylation is 1. The zero-order valence-electron chi connectivity index (χ0n) is 14.8. The molecule has 144 valence electrons. The van der Waals surface area contributed by atoms with Crippen molar-refractivity contribution in [3.05, 3.63) is 57.3 Å². The molecule has 0 amide bonds. The summed E-state index contributed by atoms with van der Waals surface area (Å²) in [6, 6.07) is 6.53. The van der Waals surface area contributed by atoms with Crippen molar-refractivity contribution in [2.45, 2.75) is 57.6 Å². The van der Waals surface area contributed by atoms with Gasteiger partial charge in [0.15, 0.2) is 0 Å². The lowest BCUT2D eigenvalue weighted by Crippen LogP contribution is -2.36. The van der Waals surface area contributed by atoms with Crippen LogP contribution in [0.2, 0.25) is 0 Å². The molecule has 2 aromatic rings. The first-order chi connectivity index (χ1) is 12.8. The van der Waals surface area contributed by atoms with Crippen LogP contribution in [0.3, 0.4) is 0 Å². The normalized spacial score (nSPS) is 22.4. The number of hydrogen-bond acceptors (Lipinski definition) is 4. The van der Waals surface area contributed by atoms with E-state index in [-0.39, 0.29) is 23.4 Å². The van der Waals surface area contributed by atoms with Gasteiger partial charge in [-0.3, -0.25) is 9.69 Å². The standard InChI is InChI=1S/C19H20F3N3O2/c1-11-23-17-9-14-5-4-13(8-16(17)18(26)24-11)25(14)10-12-2-6-15(7-3-12)27-19(20,21)22/h2-3,6-7,13-14H,4-5,8-10H2,1H3,(H,23,24,26). The number of aromatic amines is 1. The highest BCUT2D eigenvalue weighted by Gasteiger charge is 2.38. The van der Waals surface area contributed by atoms with Crippen molar-refractivity contribution in [3.63, 3.8) is 0 Å². The van der Waals surface area contributed by atoms with Gasteiger partial charge in [0.05, 0.1) is 5.69 Å². The van der Waals surface area contributed by atoms with Gasteiger partial charge in [-0.05, 0) is 43.9 Å². The number of nitrogens with zero attached hydrogens (tertiary/aromatic N) is 2. The number of fused-ring (bicyclic) bond motifs is 3. The molecule has 1 aromatic carbocycles. The van der Waals surface area contributed by atoms with E-state index in [0.29, 0.717) is 18.8 Å². The Kier molecular flexibility index (Phi) is 4.46. The Morgan fingerprint density at radius 2 is 1.85 bits per heavy atom. The first-order valence-electron chi connectivity index (χ1n) is 8.97. The molecule has 0 saturated carbocycles. The van der Waals surface area contributed by atoms with Crippen molar-refractivity contribution in [3.8, 4) is 5.75 Å². The number of H-pyrrole nitrogens is 1. The Hall–Kier alpha value is -2.35. The minimum Gasteiger partial charge on any atom is -0.406 e. The SMILES string of the molecule is Cc1nc2c(c(=O)[nH]1)CC1CCC(C2)N1Cc1ccc(OC(F)(F)F)cc1. The molecule has 2 aliphatic rings. The van der Waals surface area contributed by atoms with E-state index in [9.17, 15) is 18.0 Å². The minimum absolute atomic E-state index is 0.0568. The number of rotatable bonds is 3. The van der Waals surface area contributed by atoms with Gasteiger partial charge >= 0.3 is 6.36 Å². The number of alkyl halides is 3. The summed E-state index contributed by atoms with van der Waals surface area (Å²) in [5.74, 6) is 0.409. The van der Waals surface area contributed by atoms with Crippen molar-refractivity contribution in [2.75, 3.05) is 0 Å². The van der Waals surface area contributed by atoms with E-state index >= 15 is 0 Å². The monoisotopic (exact) mass is 379 g/mol. The number of nitrogens with one attached hydrogen (secondary N) is 1. The van der Waals surface area contributed by atoms with E-state index in [2.05, 4.69) is 19.6 Å². The van der Waals surface area contributed by atoms with Gasteiger partial charge in [0.25, 0.3) is 5.56 Å². The van der Waals surface area contributed by atoms with E-state index in [1.165, 1.54) is 12.1 Å². The van der Waals surface area contributed by atoms with E-state index in [1.54, 1.807) is 19.1 Å². The molecule has 1 aromatic heterocycles. The third kappa shape index (κ3) is 3.85. The molecule has 2 bridgehead atoms. The maximum absolute atomic E-state index is 12.3. The Labute approximate surface area is 154 Å². The Bertz CT molecular complexity index is 893. The van der Waals surface area contributed by atoms with Crippen molar-refractivity contribution in [1.29, 1.82) is 0 Å². The summed E-state index contributed by atoms with van der Waals surface area (Å²) in [7, 11) is 0. The van der Waals surface area contributed by atoms with Crippen molar-refractivity contribution in [1.82, 2.24) is 14.9 Å². The van der Waals surface area contributed by atoms with Crippen molar-refractivity contribution < 1.29 is 17.9 Å². The second-order valence-corrected chi connectivity index (χ2v) is 7.23. The number of benzene rings is 1. The van der Waals surface area contributed by atoms with E-state index < -0.39 is 6.36 Å². The average molecular weight is 379 g/mol. The molecule has 27 heavy (non-hydrogen) atoms. The van der Waals surface area contributed by atoms with Gasteiger partial charge in [0.1, 0.15) is 11.6 Å². The fourth-order valence-corrected chi connectivity index (χ4v) is 4.23. The summed E-state index contributed by atoms with van der Waals surface area (Å²) < 4.78 is 40.8. The molecule has 2 aliphatic heterocycles. The number of ether oxygens (including phenoxy) is 1. The van der Waals surface area contributed by atoms with Crippen LogP contribution in [0.4, 0.5) is 13.2 Å². The molecule has 3 heterocycles. The smallest absolute Gasteiger partial charge is 0.406 e. The molecule has 5 nitrogen and oxygen atoms in total. The molecule has 1 fully saturated rings. The Morgan fingerprint density at radius 1 is 1.19 bits per heavy atom. The lowest BCUT2D eigenvalue weighted by molar-refractivity contribution is -0.274. The maximum Gasteiger partial charge on any atom is 0.573 e. The molecule has 1 saturated heterocycles. The number of aromatic nitrogens is 2. The molecule has 2 atom stereocenters. The highest BCUT2D eigenvalue weighted by atomic mass is 19.4. The quantitative estimate of drug-likeness (QED) is 0.890. The summed E-state index contributed by atoms with van der Waals surface area (Å²) in [6.45, 7) is 2.42. The van der Waals surface area contributed by atoms with E-state index in [4.69, 9.17) is 0 Å². The number of halogens is 3. The highest BCUT2D eigenvalue weighted by Crippen LogP contribution is 2.34. The van der Waals surface area contributed by atoms with Gasteiger partial charge in [-0.25, -0.2) is 4.98 Å². The number of hydrogen-bond donors (Lipinski definition) is 1. The largest absolute Gasteiger partial charge is 0.573 e. The van der Waals surface area contributed by atoms with Crippen LogP contribution in [-0.2, 0) is 19.4 Å². The van der Waals surface area contributed by atoms with Crippen LogP contribution in [0.5, 0.6) is 5.75 Å². The maximum atomic E-state index is 12.3. The highest BCUT2D eigenvalue weighted by molar-refractivity contribution is 5.29. The molecular weight excluding hydrogens is 359 g/mol. The van der Waals surface area contributed by atoms with Crippen LogP contribution in [0.1, 0.15) is 35.5 Å². The zero-order valence-corrected chi connectivity index (χ0v) is 14.8. The fourth-order valence-electron chi connectivity index (χ4n) is 4.23. The molecule has 0 radical (unpaired) electrons. The van der Waals surface area contributed by atoms with Gasteiger partial charge in [0.2, 0.25) is 0 Å². The second-order valence-electron chi connectivity index (χ2n) is 7.23. The van der Waals surface area contributed by atoms with Gasteiger partial charge in [-0.15, -0.1) is 13.2 Å². The molecule has 0 spiro atoms. The van der Waals surface area contributed by atoms with Gasteiger partial charge in [-0.2, -0.15) is 0 Å². The van der Waals surface area contributed by atoms with E-state index in [0.717, 1.165) is 36.1 Å². The lowest BCUT2D eigenvalue weighted by Gasteiger charge is -2.28. The van der Waals surface area contributed by atoms with Crippen molar-refractivity contribution >= 4 is 0 Å². The van der Waals surface area contributed by atoms with Gasteiger partial charge < -0.3 is 9.72 Å². The summed E-state index contributed by atoms with van der Waals surface area (Å²) in [4.78, 5) is 22.0. The second kappa shape index (κ2) is 6.67. The Morgan fingerprint density at radius 3 is 2.52 bits per heavy atom. The summed E-state index contributed by atoms with van der Waals surface area (Å²) >= 11 is 0. The van der Waals surface area contributed by atoms with Crippen LogP contribution in [-0.4, -0.2) is 33.3 Å². The van der Waals surface area contributed by atoms with Crippen molar-refractivity contribution in [2.24, 2.45) is 0 Å². The summed E-state index contributed by atoms with van der Waals surface area (Å²) in [5.41, 5.74) is 2.51. The van der Waals surface area contributed by atoms with E-state index in [1.807, 2.05) is 0 Å². The predicted octanol–water partition coefficient (Wildman–Crippen LogP) is 3.11. The zero-order chi connectivity index (χ0) is 19.2. The molecular formula is C19H20F3N3O2. The third-order valence-corrected chi connectivity index (χ3v) is 5.38.